The maximum absolute atomic E-state index is 8.11. The maximum atomic E-state index is 8.11. The van der Waals surface area contributed by atoms with Gasteiger partial charge in [0, 0.05) is 0 Å². The first-order valence-electron chi connectivity index (χ1n) is 2.56. The van der Waals surface area contributed by atoms with Gasteiger partial charge in [0.25, 0.3) is 0 Å². The summed E-state index contributed by atoms with van der Waals surface area (Å²) < 4.78 is 0. The lowest BCUT2D eigenvalue weighted by atomic mass is 10.5. The summed E-state index contributed by atoms with van der Waals surface area (Å²) in [5, 5.41) is 16.0. The third kappa shape index (κ3) is 24.7. The molecule has 0 amide bonds. The summed E-state index contributed by atoms with van der Waals surface area (Å²) in [6, 6.07) is 0. The van der Waals surface area contributed by atoms with Crippen LogP contribution in [-0.4, -0.2) is 22.9 Å². The zero-order valence-electron chi connectivity index (χ0n) is 5.18. The van der Waals surface area contributed by atoms with Crippen LogP contribution in [0.15, 0.2) is 0 Å². The lowest BCUT2D eigenvalue weighted by molar-refractivity contribution is 0.110. The molecule has 0 aliphatic heterocycles. The van der Waals surface area contributed by atoms with Crippen LogP contribution >= 0.6 is 0 Å². The van der Waals surface area contributed by atoms with E-state index in [1.165, 1.54) is 6.92 Å². The SMILES string of the molecule is CC.CC(O)CO. The van der Waals surface area contributed by atoms with Crippen LogP contribution in [0.5, 0.6) is 0 Å². The molecule has 0 saturated heterocycles. The average Bonchev–Trinajstić information content (AvgIpc) is 1.73. The topological polar surface area (TPSA) is 40.5 Å². The van der Waals surface area contributed by atoms with Crippen molar-refractivity contribution in [1.82, 2.24) is 0 Å². The fourth-order valence-corrected chi connectivity index (χ4v) is 0. The van der Waals surface area contributed by atoms with Crippen molar-refractivity contribution in [2.24, 2.45) is 0 Å². The first-order valence-corrected chi connectivity index (χ1v) is 2.56. The van der Waals surface area contributed by atoms with Crippen LogP contribution in [0.4, 0.5) is 0 Å². The first-order chi connectivity index (χ1) is 3.27. The second-order valence-electron chi connectivity index (χ2n) is 1.03. The molecule has 0 fully saturated rings. The van der Waals surface area contributed by atoms with Crippen LogP contribution in [-0.2, 0) is 0 Å². The van der Waals surface area contributed by atoms with Gasteiger partial charge in [0.2, 0.25) is 0 Å². The molecule has 0 aromatic heterocycles. The van der Waals surface area contributed by atoms with E-state index in [0.717, 1.165) is 0 Å². The normalized spacial score (nSPS) is 11.6. The van der Waals surface area contributed by atoms with Crippen molar-refractivity contribution in [1.29, 1.82) is 0 Å². The molecule has 46 valence electrons. The number of aliphatic hydroxyl groups is 2. The van der Waals surface area contributed by atoms with Gasteiger partial charge in [-0.15, -0.1) is 0 Å². The number of aliphatic hydroxyl groups excluding tert-OH is 2. The lowest BCUT2D eigenvalue weighted by Gasteiger charge is -1.90. The summed E-state index contributed by atoms with van der Waals surface area (Å²) in [6.07, 6.45) is -0.560. The van der Waals surface area contributed by atoms with Crippen molar-refractivity contribution < 1.29 is 10.2 Å². The average molecular weight is 106 g/mol. The van der Waals surface area contributed by atoms with Gasteiger partial charge in [-0.3, -0.25) is 0 Å². The largest absolute Gasteiger partial charge is 0.394 e. The molecule has 0 heterocycles. The molecule has 0 saturated carbocycles. The van der Waals surface area contributed by atoms with E-state index in [4.69, 9.17) is 10.2 Å². The molecular weight excluding hydrogens is 92.1 g/mol. The summed E-state index contributed by atoms with van der Waals surface area (Å²) in [7, 11) is 0. The Morgan fingerprint density at radius 3 is 1.57 bits per heavy atom. The maximum Gasteiger partial charge on any atom is 0.0742 e. The van der Waals surface area contributed by atoms with Crippen molar-refractivity contribution in [3.05, 3.63) is 0 Å². The van der Waals surface area contributed by atoms with Gasteiger partial charge in [0.1, 0.15) is 0 Å². The lowest BCUT2D eigenvalue weighted by Crippen LogP contribution is -2.03. The van der Waals surface area contributed by atoms with Gasteiger partial charge < -0.3 is 10.2 Å². The fraction of sp³-hybridized carbons (Fsp3) is 1.00. The molecule has 0 bridgehead atoms. The molecular formula is C5H14O2. The summed E-state index contributed by atoms with van der Waals surface area (Å²) in [6.45, 7) is 5.39. The van der Waals surface area contributed by atoms with E-state index in [1.54, 1.807) is 0 Å². The Balaban J connectivity index is 0. The Morgan fingerprint density at radius 1 is 1.43 bits per heavy atom. The van der Waals surface area contributed by atoms with Crippen LogP contribution in [0.25, 0.3) is 0 Å². The minimum absolute atomic E-state index is 0.139. The summed E-state index contributed by atoms with van der Waals surface area (Å²) >= 11 is 0. The van der Waals surface area contributed by atoms with Crippen molar-refractivity contribution in [2.75, 3.05) is 6.61 Å². The molecule has 0 aromatic carbocycles. The molecule has 2 nitrogen and oxygen atoms in total. The van der Waals surface area contributed by atoms with Crippen molar-refractivity contribution in [3.63, 3.8) is 0 Å². The van der Waals surface area contributed by atoms with Gasteiger partial charge in [-0.25, -0.2) is 0 Å². The predicted molar refractivity (Wildman–Crippen MR) is 30.1 cm³/mol. The molecule has 1 atom stereocenters. The highest BCUT2D eigenvalue weighted by atomic mass is 16.3. The van der Waals surface area contributed by atoms with Crippen LogP contribution in [0.1, 0.15) is 20.8 Å². The summed E-state index contributed by atoms with van der Waals surface area (Å²) in [5.74, 6) is 0. The molecule has 0 aliphatic carbocycles. The highest BCUT2D eigenvalue weighted by molar-refractivity contribution is 4.33. The van der Waals surface area contributed by atoms with E-state index >= 15 is 0 Å². The molecule has 0 aromatic rings. The van der Waals surface area contributed by atoms with Crippen LogP contribution in [0, 0.1) is 0 Å². The quantitative estimate of drug-likeness (QED) is 0.507. The van der Waals surface area contributed by atoms with Gasteiger partial charge in [-0.1, -0.05) is 13.8 Å². The summed E-state index contributed by atoms with van der Waals surface area (Å²) in [4.78, 5) is 0. The second-order valence-corrected chi connectivity index (χ2v) is 1.03. The molecule has 2 N–H and O–H groups in total. The minimum Gasteiger partial charge on any atom is -0.394 e. The zero-order valence-corrected chi connectivity index (χ0v) is 5.18. The Morgan fingerprint density at radius 2 is 1.57 bits per heavy atom. The first kappa shape index (κ1) is 10.0. The van der Waals surface area contributed by atoms with Crippen molar-refractivity contribution in [3.8, 4) is 0 Å². The standard InChI is InChI=1S/C3H8O2.C2H6/c1-3(5)2-4;1-2/h3-5H,2H2,1H3;1-2H3. The van der Waals surface area contributed by atoms with Crippen LogP contribution in [0.3, 0.4) is 0 Å². The molecule has 7 heavy (non-hydrogen) atoms. The van der Waals surface area contributed by atoms with Gasteiger partial charge in [-0.05, 0) is 6.92 Å². The van der Waals surface area contributed by atoms with Crippen molar-refractivity contribution in [2.45, 2.75) is 26.9 Å². The number of hydrogen-bond acceptors (Lipinski definition) is 2. The molecule has 0 rings (SSSR count). The molecule has 0 aliphatic rings. The molecule has 2 heteroatoms. The van der Waals surface area contributed by atoms with Crippen LogP contribution < -0.4 is 0 Å². The monoisotopic (exact) mass is 106 g/mol. The molecule has 1 unspecified atom stereocenters. The van der Waals surface area contributed by atoms with E-state index in [-0.39, 0.29) is 6.61 Å². The van der Waals surface area contributed by atoms with Gasteiger partial charge in [-0.2, -0.15) is 0 Å². The fourth-order valence-electron chi connectivity index (χ4n) is 0. The van der Waals surface area contributed by atoms with E-state index < -0.39 is 6.10 Å². The van der Waals surface area contributed by atoms with Crippen LogP contribution in [0.2, 0.25) is 0 Å². The van der Waals surface area contributed by atoms with Gasteiger partial charge >= 0.3 is 0 Å². The van der Waals surface area contributed by atoms with Crippen molar-refractivity contribution >= 4 is 0 Å². The Hall–Kier alpha value is -0.0800. The zero-order chi connectivity index (χ0) is 6.28. The number of hydrogen-bond donors (Lipinski definition) is 2. The molecule has 0 spiro atoms. The highest BCUT2D eigenvalue weighted by Gasteiger charge is 1.83. The van der Waals surface area contributed by atoms with E-state index in [9.17, 15) is 0 Å². The predicted octanol–water partition coefficient (Wildman–Crippen LogP) is 0.386. The minimum atomic E-state index is -0.560. The highest BCUT2D eigenvalue weighted by Crippen LogP contribution is 1.68. The van der Waals surface area contributed by atoms with E-state index in [2.05, 4.69) is 0 Å². The second kappa shape index (κ2) is 9.33. The van der Waals surface area contributed by atoms with Gasteiger partial charge in [0.15, 0.2) is 0 Å². The number of rotatable bonds is 1. The Labute approximate surface area is 44.8 Å². The molecule has 0 radical (unpaired) electrons. The van der Waals surface area contributed by atoms with Gasteiger partial charge in [0.05, 0.1) is 12.7 Å². The summed E-state index contributed by atoms with van der Waals surface area (Å²) in [5.41, 5.74) is 0. The smallest absolute Gasteiger partial charge is 0.0742 e. The Kier molecular flexibility index (Phi) is 13.3. The van der Waals surface area contributed by atoms with E-state index in [0.29, 0.717) is 0 Å². The third-order valence-corrected chi connectivity index (χ3v) is 0.264. The Bertz CT molecular complexity index is 20.0. The third-order valence-electron chi connectivity index (χ3n) is 0.264. The van der Waals surface area contributed by atoms with E-state index in [1.807, 2.05) is 13.8 Å².